The maximum Gasteiger partial charge on any atom is -1.00 e. The van der Waals surface area contributed by atoms with E-state index in [0.717, 1.165) is 12.8 Å². The average molecular weight is 693 g/mol. The third-order valence-corrected chi connectivity index (χ3v) is 8.74. The molecule has 4 aliphatic carbocycles. The van der Waals surface area contributed by atoms with Crippen LogP contribution in [0, 0.1) is 23.5 Å². The summed E-state index contributed by atoms with van der Waals surface area (Å²) in [4.78, 5) is 0. The largest absolute Gasteiger partial charge is 1.00 e. The first-order valence-electron chi connectivity index (χ1n) is 15.4. The van der Waals surface area contributed by atoms with Gasteiger partial charge in [0.05, 0.1) is 0 Å². The molecule has 1 unspecified atom stereocenters. The van der Waals surface area contributed by atoms with Crippen LogP contribution < -0.4 is 24.8 Å². The molecule has 3 heteroatoms. The standard InChI is InChI=1S/C25H25.C12H19.C3H6.2ClH.Zr/c1-14-12-24(3,4)22-8-16-7-17-9-23-19(15(2)13-25(23,5)6)11-21(17)20(16)10-18(14)22;1-6-10-7-9(2)8-11(10)12(3,4)5;1-3-2;;;/h8-12H,7H2,1-6H3;8-9H,6H2,1-5H3;1-2H3;2*1H;/q2*-1;;;;+2/p-2. The van der Waals surface area contributed by atoms with Crippen molar-refractivity contribution in [2.75, 3.05) is 0 Å². The Morgan fingerprint density at radius 1 is 0.884 bits per heavy atom. The molecule has 43 heavy (non-hydrogen) atoms. The fraction of sp³-hybridized carbons (Fsp3) is 0.475. The van der Waals surface area contributed by atoms with Crippen molar-refractivity contribution < 1.29 is 49.0 Å². The molecule has 4 aliphatic rings. The summed E-state index contributed by atoms with van der Waals surface area (Å²) in [7, 11) is 0. The molecular formula is C40H50Cl2Zr-2. The molecular weight excluding hydrogens is 643 g/mol. The zero-order valence-electron chi connectivity index (χ0n) is 28.7. The van der Waals surface area contributed by atoms with E-state index in [1.807, 2.05) is 0 Å². The summed E-state index contributed by atoms with van der Waals surface area (Å²) in [5.74, 6) is 0.522. The second-order valence-corrected chi connectivity index (χ2v) is 17.3. The number of benzene rings is 2. The Kier molecular flexibility index (Phi) is 12.0. The monoisotopic (exact) mass is 690 g/mol. The van der Waals surface area contributed by atoms with Crippen LogP contribution in [0.1, 0.15) is 130 Å². The average Bonchev–Trinajstić information content (AvgIpc) is 3.52. The van der Waals surface area contributed by atoms with Gasteiger partial charge < -0.3 is 24.8 Å². The molecule has 0 aliphatic heterocycles. The molecule has 0 spiro atoms. The van der Waals surface area contributed by atoms with Gasteiger partial charge in [-0.1, -0.05) is 111 Å². The fourth-order valence-corrected chi connectivity index (χ4v) is 7.02. The summed E-state index contributed by atoms with van der Waals surface area (Å²) < 4.78 is 1.51. The topological polar surface area (TPSA) is 0 Å². The molecule has 0 fully saturated rings. The summed E-state index contributed by atoms with van der Waals surface area (Å²) in [6.07, 6.45) is 14.1. The molecule has 1 atom stereocenters. The second kappa shape index (κ2) is 13.6. The predicted molar refractivity (Wildman–Crippen MR) is 177 cm³/mol. The second-order valence-electron chi connectivity index (χ2n) is 14.8. The van der Waals surface area contributed by atoms with Gasteiger partial charge in [-0.3, -0.25) is 12.2 Å². The Morgan fingerprint density at radius 2 is 1.40 bits per heavy atom. The van der Waals surface area contributed by atoms with Crippen LogP contribution in [-0.4, -0.2) is 3.21 Å². The van der Waals surface area contributed by atoms with Gasteiger partial charge in [0.2, 0.25) is 0 Å². The summed E-state index contributed by atoms with van der Waals surface area (Å²) in [5.41, 5.74) is 17.8. The van der Waals surface area contributed by atoms with Crippen molar-refractivity contribution in [3.63, 3.8) is 0 Å². The molecule has 0 saturated carbocycles. The van der Waals surface area contributed by atoms with Crippen molar-refractivity contribution >= 4 is 14.4 Å². The molecule has 2 aromatic rings. The number of rotatable bonds is 1. The van der Waals surface area contributed by atoms with Crippen LogP contribution in [0.15, 0.2) is 47.6 Å². The van der Waals surface area contributed by atoms with Crippen molar-refractivity contribution in [3.05, 3.63) is 93.1 Å². The van der Waals surface area contributed by atoms with Crippen molar-refractivity contribution in [2.45, 2.75) is 114 Å². The molecule has 0 nitrogen and oxygen atoms in total. The van der Waals surface area contributed by atoms with Gasteiger partial charge in [-0.15, -0.1) is 11.6 Å². The summed E-state index contributed by atoms with van der Waals surface area (Å²) in [6.45, 7) is 29.2. The molecule has 2 aromatic carbocycles. The number of halogens is 2. The van der Waals surface area contributed by atoms with E-state index in [0.29, 0.717) is 11.3 Å². The van der Waals surface area contributed by atoms with Crippen LogP contribution in [0.3, 0.4) is 0 Å². The third kappa shape index (κ3) is 7.76. The van der Waals surface area contributed by atoms with E-state index in [4.69, 9.17) is 0 Å². The Balaban J connectivity index is 0.000000304. The van der Waals surface area contributed by atoms with E-state index in [2.05, 4.69) is 139 Å². The maximum atomic E-state index is 3.65. The van der Waals surface area contributed by atoms with Crippen LogP contribution in [0.25, 0.3) is 22.3 Å². The van der Waals surface area contributed by atoms with Gasteiger partial charge in [-0.05, 0) is 58.4 Å². The van der Waals surface area contributed by atoms with Gasteiger partial charge in [-0.2, -0.15) is 17.2 Å². The molecule has 0 amide bonds. The number of hydrogen-bond donors (Lipinski definition) is 0. The van der Waals surface area contributed by atoms with Gasteiger partial charge in [0, 0.05) is 5.41 Å². The van der Waals surface area contributed by atoms with Crippen LogP contribution in [0.5, 0.6) is 0 Å². The normalized spacial score (nSPS) is 19.3. The first-order valence-corrected chi connectivity index (χ1v) is 16.6. The van der Waals surface area contributed by atoms with Crippen LogP contribution in [0.4, 0.5) is 0 Å². The van der Waals surface area contributed by atoms with Crippen molar-refractivity contribution in [1.82, 2.24) is 0 Å². The Hall–Kier alpha value is -1.27. The quantitative estimate of drug-likeness (QED) is 0.317. The molecule has 230 valence electrons. The smallest absolute Gasteiger partial charge is 1.00 e. The number of allylic oxidation sites excluding steroid dienone is 8. The molecule has 0 N–H and O–H groups in total. The number of fused-ring (bicyclic) bond motifs is 5. The minimum atomic E-state index is 0. The van der Waals surface area contributed by atoms with E-state index in [1.54, 1.807) is 24.2 Å². The summed E-state index contributed by atoms with van der Waals surface area (Å²) >= 11 is 1.55. The zero-order valence-corrected chi connectivity index (χ0v) is 32.7. The minimum Gasteiger partial charge on any atom is -1.00 e. The van der Waals surface area contributed by atoms with Gasteiger partial charge in [0.25, 0.3) is 0 Å². The van der Waals surface area contributed by atoms with E-state index in [-0.39, 0.29) is 35.6 Å². The minimum absolute atomic E-state index is 0. The van der Waals surface area contributed by atoms with Gasteiger partial charge in [0.1, 0.15) is 0 Å². The van der Waals surface area contributed by atoms with Crippen molar-refractivity contribution in [2.24, 2.45) is 11.3 Å². The van der Waals surface area contributed by atoms with Crippen LogP contribution >= 0.6 is 0 Å². The first kappa shape index (κ1) is 37.9. The van der Waals surface area contributed by atoms with E-state index < -0.39 is 0 Å². The summed E-state index contributed by atoms with van der Waals surface area (Å²) in [6, 6.07) is 9.81. The third-order valence-electron chi connectivity index (χ3n) is 8.74. The van der Waals surface area contributed by atoms with Crippen LogP contribution in [-0.2, 0) is 41.5 Å². The molecule has 0 bridgehead atoms. The maximum absolute atomic E-state index is 3.65. The van der Waals surface area contributed by atoms with E-state index in [9.17, 15) is 0 Å². The first-order chi connectivity index (χ1) is 18.9. The Labute approximate surface area is 290 Å². The molecule has 0 saturated heterocycles. The SMILES string of the molecule is CC1=[C-]C(C)(C)c2cc3c(cc21)-c1cc2c(cc1C3)C(C)(C)C=C2C.CCC1=[C-]C(C)C=C1C(C)(C)C.C[C](C)=[Zr+2].[Cl-].[Cl-]. The van der Waals surface area contributed by atoms with Gasteiger partial charge in [0.15, 0.2) is 0 Å². The Morgan fingerprint density at radius 3 is 1.88 bits per heavy atom. The molecule has 0 radical (unpaired) electrons. The number of hydrogen-bond acceptors (Lipinski definition) is 0. The van der Waals surface area contributed by atoms with Crippen molar-refractivity contribution in [1.29, 1.82) is 0 Å². The fourth-order valence-electron chi connectivity index (χ4n) is 7.02. The van der Waals surface area contributed by atoms with E-state index in [1.165, 1.54) is 70.0 Å². The zero-order chi connectivity index (χ0) is 30.7. The summed E-state index contributed by atoms with van der Waals surface area (Å²) in [5, 5.41) is 0. The molecule has 0 aromatic heterocycles. The van der Waals surface area contributed by atoms with Crippen LogP contribution in [0.2, 0.25) is 0 Å². The van der Waals surface area contributed by atoms with Gasteiger partial charge in [-0.25, -0.2) is 11.1 Å². The molecule has 0 heterocycles. The Bertz CT molecular complexity index is 1450. The van der Waals surface area contributed by atoms with Crippen molar-refractivity contribution in [3.8, 4) is 11.1 Å². The predicted octanol–water partition coefficient (Wildman–Crippen LogP) is 4.95. The van der Waals surface area contributed by atoms with E-state index >= 15 is 0 Å². The van der Waals surface area contributed by atoms with Gasteiger partial charge >= 0.3 is 41.3 Å². The molecule has 6 rings (SSSR count).